The highest BCUT2D eigenvalue weighted by Crippen LogP contribution is 2.08. The Morgan fingerprint density at radius 2 is 2.25 bits per heavy atom. The molecule has 0 spiro atoms. The molecule has 0 atom stereocenters. The highest BCUT2D eigenvalue weighted by molar-refractivity contribution is 5.98. The SMILES string of the molecule is Cn1ccnc1CCNCc1ccccc1C(N)=NO. The topological polar surface area (TPSA) is 88.5 Å². The van der Waals surface area contributed by atoms with Crippen molar-refractivity contribution in [3.8, 4) is 0 Å². The number of rotatable bonds is 6. The van der Waals surface area contributed by atoms with Crippen LogP contribution in [0.4, 0.5) is 0 Å². The van der Waals surface area contributed by atoms with Gasteiger partial charge in [0.15, 0.2) is 5.84 Å². The third-order valence-electron chi connectivity index (χ3n) is 3.16. The number of imidazole rings is 1. The van der Waals surface area contributed by atoms with Crippen molar-refractivity contribution in [2.45, 2.75) is 13.0 Å². The number of aryl methyl sites for hydroxylation is 1. The molecule has 106 valence electrons. The first-order chi connectivity index (χ1) is 9.72. The van der Waals surface area contributed by atoms with Crippen molar-refractivity contribution in [3.63, 3.8) is 0 Å². The number of aromatic nitrogens is 2. The van der Waals surface area contributed by atoms with Crippen LogP contribution in [0.15, 0.2) is 41.8 Å². The second-order valence-corrected chi connectivity index (χ2v) is 4.52. The zero-order valence-corrected chi connectivity index (χ0v) is 11.5. The van der Waals surface area contributed by atoms with E-state index in [1.165, 1.54) is 0 Å². The Morgan fingerprint density at radius 3 is 2.95 bits per heavy atom. The van der Waals surface area contributed by atoms with E-state index in [1.54, 1.807) is 6.20 Å². The molecule has 2 rings (SSSR count). The summed E-state index contributed by atoms with van der Waals surface area (Å²) in [5.74, 6) is 1.17. The van der Waals surface area contributed by atoms with E-state index >= 15 is 0 Å². The van der Waals surface area contributed by atoms with Crippen LogP contribution in [0.1, 0.15) is 17.0 Å². The lowest BCUT2D eigenvalue weighted by Crippen LogP contribution is -2.22. The molecule has 20 heavy (non-hydrogen) atoms. The summed E-state index contributed by atoms with van der Waals surface area (Å²) < 4.78 is 2.01. The van der Waals surface area contributed by atoms with Gasteiger partial charge in [-0.25, -0.2) is 4.98 Å². The molecule has 2 aromatic rings. The lowest BCUT2D eigenvalue weighted by atomic mass is 10.1. The molecule has 0 fully saturated rings. The van der Waals surface area contributed by atoms with Crippen LogP contribution in [0.5, 0.6) is 0 Å². The summed E-state index contributed by atoms with van der Waals surface area (Å²) in [6, 6.07) is 7.60. The van der Waals surface area contributed by atoms with Gasteiger partial charge >= 0.3 is 0 Å². The van der Waals surface area contributed by atoms with E-state index < -0.39 is 0 Å². The molecule has 6 heteroatoms. The predicted octanol–water partition coefficient (Wildman–Crippen LogP) is 0.847. The molecule has 0 aliphatic heterocycles. The van der Waals surface area contributed by atoms with Crippen molar-refractivity contribution in [1.82, 2.24) is 14.9 Å². The van der Waals surface area contributed by atoms with Crippen LogP contribution < -0.4 is 11.1 Å². The summed E-state index contributed by atoms with van der Waals surface area (Å²) in [6.07, 6.45) is 4.58. The van der Waals surface area contributed by atoms with Gasteiger partial charge in [0, 0.05) is 44.5 Å². The average molecular weight is 273 g/mol. The minimum absolute atomic E-state index is 0.131. The Morgan fingerprint density at radius 1 is 1.45 bits per heavy atom. The van der Waals surface area contributed by atoms with Gasteiger partial charge in [-0.05, 0) is 5.56 Å². The first kappa shape index (κ1) is 14.1. The number of hydrogen-bond donors (Lipinski definition) is 3. The number of oxime groups is 1. The van der Waals surface area contributed by atoms with Crippen LogP contribution in [0.2, 0.25) is 0 Å². The second-order valence-electron chi connectivity index (χ2n) is 4.52. The normalized spacial score (nSPS) is 11.8. The molecule has 1 aromatic heterocycles. The third kappa shape index (κ3) is 3.36. The van der Waals surface area contributed by atoms with Crippen molar-refractivity contribution < 1.29 is 5.21 Å². The summed E-state index contributed by atoms with van der Waals surface area (Å²) in [7, 11) is 1.98. The maximum atomic E-state index is 8.77. The number of hydrogen-bond acceptors (Lipinski definition) is 4. The minimum Gasteiger partial charge on any atom is -0.409 e. The molecule has 0 aliphatic carbocycles. The predicted molar refractivity (Wildman–Crippen MR) is 77.6 cm³/mol. The van der Waals surface area contributed by atoms with Crippen molar-refractivity contribution in [1.29, 1.82) is 0 Å². The van der Waals surface area contributed by atoms with Gasteiger partial charge in [-0.15, -0.1) is 0 Å². The molecule has 0 aliphatic rings. The Balaban J connectivity index is 1.90. The van der Waals surface area contributed by atoms with E-state index in [0.717, 1.165) is 29.9 Å². The van der Waals surface area contributed by atoms with Gasteiger partial charge in [-0.3, -0.25) is 0 Å². The first-order valence-corrected chi connectivity index (χ1v) is 6.45. The molecule has 1 heterocycles. The van der Waals surface area contributed by atoms with E-state index in [0.29, 0.717) is 6.54 Å². The van der Waals surface area contributed by atoms with Gasteiger partial charge < -0.3 is 20.8 Å². The van der Waals surface area contributed by atoms with E-state index in [4.69, 9.17) is 10.9 Å². The number of nitrogens with two attached hydrogens (primary N) is 1. The molecule has 0 saturated carbocycles. The molecule has 0 amide bonds. The van der Waals surface area contributed by atoms with Gasteiger partial charge in [0.05, 0.1) is 0 Å². The van der Waals surface area contributed by atoms with E-state index in [9.17, 15) is 0 Å². The fraction of sp³-hybridized carbons (Fsp3) is 0.286. The zero-order chi connectivity index (χ0) is 14.4. The maximum Gasteiger partial charge on any atom is 0.170 e. The van der Waals surface area contributed by atoms with Crippen molar-refractivity contribution >= 4 is 5.84 Å². The van der Waals surface area contributed by atoms with Crippen LogP contribution >= 0.6 is 0 Å². The highest BCUT2D eigenvalue weighted by Gasteiger charge is 2.06. The Bertz CT molecular complexity index is 591. The van der Waals surface area contributed by atoms with Crippen molar-refractivity contribution in [3.05, 3.63) is 53.6 Å². The molecule has 0 saturated heterocycles. The summed E-state index contributed by atoms with van der Waals surface area (Å²) in [6.45, 7) is 1.48. The van der Waals surface area contributed by atoms with Crippen LogP contribution in [0, 0.1) is 0 Å². The number of nitrogens with zero attached hydrogens (tertiary/aromatic N) is 3. The van der Waals surface area contributed by atoms with Gasteiger partial charge in [0.1, 0.15) is 5.82 Å². The smallest absolute Gasteiger partial charge is 0.170 e. The van der Waals surface area contributed by atoms with Crippen LogP contribution in [-0.4, -0.2) is 27.1 Å². The molecule has 0 bridgehead atoms. The zero-order valence-electron chi connectivity index (χ0n) is 11.5. The lowest BCUT2D eigenvalue weighted by Gasteiger charge is -2.09. The quantitative estimate of drug-likeness (QED) is 0.239. The van der Waals surface area contributed by atoms with Crippen molar-refractivity contribution in [2.75, 3.05) is 6.54 Å². The van der Waals surface area contributed by atoms with Gasteiger partial charge in [0.2, 0.25) is 0 Å². The van der Waals surface area contributed by atoms with E-state index in [1.807, 2.05) is 42.1 Å². The standard InChI is InChI=1S/C14H19N5O/c1-19-9-8-17-13(19)6-7-16-10-11-4-2-3-5-12(11)14(15)18-20/h2-5,8-9,16,20H,6-7,10H2,1H3,(H2,15,18). The summed E-state index contributed by atoms with van der Waals surface area (Å²) in [5.41, 5.74) is 7.41. The molecule has 6 nitrogen and oxygen atoms in total. The van der Waals surface area contributed by atoms with Gasteiger partial charge in [0.25, 0.3) is 0 Å². The molecule has 4 N–H and O–H groups in total. The Kier molecular flexibility index (Phi) is 4.73. The minimum atomic E-state index is 0.131. The molecular weight excluding hydrogens is 254 g/mol. The van der Waals surface area contributed by atoms with Crippen LogP contribution in [0.25, 0.3) is 0 Å². The van der Waals surface area contributed by atoms with Crippen LogP contribution in [-0.2, 0) is 20.0 Å². The van der Waals surface area contributed by atoms with Crippen molar-refractivity contribution in [2.24, 2.45) is 17.9 Å². The maximum absolute atomic E-state index is 8.77. The number of amidine groups is 1. The highest BCUT2D eigenvalue weighted by atomic mass is 16.4. The lowest BCUT2D eigenvalue weighted by molar-refractivity contribution is 0.318. The number of nitrogens with one attached hydrogen (secondary N) is 1. The summed E-state index contributed by atoms with van der Waals surface area (Å²) in [5, 5.41) is 15.2. The molecule has 0 unspecified atom stereocenters. The molecule has 0 radical (unpaired) electrons. The van der Waals surface area contributed by atoms with E-state index in [-0.39, 0.29) is 5.84 Å². The molecule has 1 aromatic carbocycles. The van der Waals surface area contributed by atoms with E-state index in [2.05, 4.69) is 15.5 Å². The van der Waals surface area contributed by atoms with Gasteiger partial charge in [-0.1, -0.05) is 29.4 Å². The van der Waals surface area contributed by atoms with Gasteiger partial charge in [-0.2, -0.15) is 0 Å². The van der Waals surface area contributed by atoms with Crippen LogP contribution in [0.3, 0.4) is 0 Å². The summed E-state index contributed by atoms with van der Waals surface area (Å²) >= 11 is 0. The first-order valence-electron chi connectivity index (χ1n) is 6.45. The Hall–Kier alpha value is -2.34. The molecular formula is C14H19N5O. The Labute approximate surface area is 117 Å². The largest absolute Gasteiger partial charge is 0.409 e. The monoisotopic (exact) mass is 273 g/mol. The average Bonchev–Trinajstić information content (AvgIpc) is 2.88. The fourth-order valence-corrected chi connectivity index (χ4v) is 2.04. The fourth-order valence-electron chi connectivity index (χ4n) is 2.04. The summed E-state index contributed by atoms with van der Waals surface area (Å²) in [4.78, 5) is 4.27. The third-order valence-corrected chi connectivity index (χ3v) is 3.16. The second kappa shape index (κ2) is 6.72. The number of benzene rings is 1.